The number of aliphatic hydroxyl groups excluding tert-OH is 2. The van der Waals surface area contributed by atoms with Gasteiger partial charge in [0.2, 0.25) is 5.91 Å². The molecule has 384 valence electrons. The van der Waals surface area contributed by atoms with Gasteiger partial charge in [0, 0.05) is 12.8 Å². The summed E-state index contributed by atoms with van der Waals surface area (Å²) in [6.07, 6.45) is 66.2. The van der Waals surface area contributed by atoms with Crippen molar-refractivity contribution < 1.29 is 24.5 Å². The second kappa shape index (κ2) is 54.9. The van der Waals surface area contributed by atoms with Crippen molar-refractivity contribution in [1.29, 1.82) is 0 Å². The SMILES string of the molecule is CCCCCCCC/C=C\CCCCCCCCCC(=O)OCCCCCCCCCCCC(=O)NC(CO)C(O)/C=C/CCCCCCCCCCCCCCCCCCCCCC. The fourth-order valence-electron chi connectivity index (χ4n) is 8.98. The van der Waals surface area contributed by atoms with Gasteiger partial charge in [-0.25, -0.2) is 0 Å². The second-order valence-corrected chi connectivity index (χ2v) is 20.0. The lowest BCUT2D eigenvalue weighted by Crippen LogP contribution is -2.45. The summed E-state index contributed by atoms with van der Waals surface area (Å²) in [6, 6.07) is -0.649. The topological polar surface area (TPSA) is 95.9 Å². The van der Waals surface area contributed by atoms with Crippen molar-refractivity contribution in [2.75, 3.05) is 13.2 Å². The molecule has 0 aliphatic rings. The van der Waals surface area contributed by atoms with Gasteiger partial charge in [0.05, 0.1) is 25.4 Å². The van der Waals surface area contributed by atoms with E-state index in [0.717, 1.165) is 57.8 Å². The lowest BCUT2D eigenvalue weighted by Gasteiger charge is -2.20. The Labute approximate surface area is 405 Å². The third-order valence-corrected chi connectivity index (χ3v) is 13.5. The molecule has 0 fully saturated rings. The first-order valence-corrected chi connectivity index (χ1v) is 29.1. The Hall–Kier alpha value is -1.66. The number of amides is 1. The summed E-state index contributed by atoms with van der Waals surface area (Å²) in [5.74, 6) is -0.123. The molecule has 0 spiro atoms. The van der Waals surface area contributed by atoms with Gasteiger partial charge in [-0.2, -0.15) is 0 Å². The standard InChI is InChI=1S/C59H113NO5/c1-3-5-7-9-11-13-15-17-19-21-22-23-24-25-27-28-30-32-35-39-43-47-51-57(62)56(55-61)60-58(63)52-48-44-40-36-34-38-42-46-50-54-65-59(64)53-49-45-41-37-33-31-29-26-20-18-16-14-12-10-8-6-4-2/h18,20,47,51,56-57,61-62H,3-17,19,21-46,48-50,52-55H2,1-2H3,(H,60,63)/b20-18-,51-47+. The fraction of sp³-hybridized carbons (Fsp3) is 0.898. The van der Waals surface area contributed by atoms with Gasteiger partial charge in [0.25, 0.3) is 0 Å². The van der Waals surface area contributed by atoms with Crippen LogP contribution in [0.1, 0.15) is 316 Å². The van der Waals surface area contributed by atoms with Crippen molar-refractivity contribution >= 4 is 11.9 Å². The third-order valence-electron chi connectivity index (χ3n) is 13.5. The van der Waals surface area contributed by atoms with Gasteiger partial charge in [-0.1, -0.05) is 269 Å². The molecule has 0 aliphatic heterocycles. The molecule has 0 aromatic heterocycles. The normalized spacial score (nSPS) is 12.7. The van der Waals surface area contributed by atoms with Crippen LogP contribution in [0.5, 0.6) is 0 Å². The molecule has 3 N–H and O–H groups in total. The molecule has 6 nitrogen and oxygen atoms in total. The van der Waals surface area contributed by atoms with E-state index in [1.807, 2.05) is 6.08 Å². The Morgan fingerprint density at radius 1 is 0.415 bits per heavy atom. The first kappa shape index (κ1) is 63.3. The first-order valence-electron chi connectivity index (χ1n) is 29.1. The van der Waals surface area contributed by atoms with Crippen molar-refractivity contribution in [2.45, 2.75) is 328 Å². The first-order chi connectivity index (χ1) is 32.0. The summed E-state index contributed by atoms with van der Waals surface area (Å²) in [5, 5.41) is 23.2. The summed E-state index contributed by atoms with van der Waals surface area (Å²) in [6.45, 7) is 4.85. The maximum Gasteiger partial charge on any atom is 0.305 e. The van der Waals surface area contributed by atoms with Crippen LogP contribution in [0, 0.1) is 0 Å². The molecular weight excluding hydrogens is 803 g/mol. The zero-order chi connectivity index (χ0) is 47.2. The van der Waals surface area contributed by atoms with Crippen molar-refractivity contribution in [3.05, 3.63) is 24.3 Å². The number of hydrogen-bond donors (Lipinski definition) is 3. The molecule has 1 amide bonds. The number of rotatable bonds is 54. The molecule has 0 radical (unpaired) electrons. The van der Waals surface area contributed by atoms with Crippen LogP contribution in [0.3, 0.4) is 0 Å². The van der Waals surface area contributed by atoms with E-state index in [1.165, 1.54) is 231 Å². The highest BCUT2D eigenvalue weighted by atomic mass is 16.5. The number of nitrogens with one attached hydrogen (secondary N) is 1. The van der Waals surface area contributed by atoms with Crippen LogP contribution in [-0.2, 0) is 14.3 Å². The number of ether oxygens (including phenoxy) is 1. The van der Waals surface area contributed by atoms with Gasteiger partial charge in [-0.05, 0) is 57.8 Å². The van der Waals surface area contributed by atoms with E-state index < -0.39 is 12.1 Å². The molecule has 2 unspecified atom stereocenters. The Morgan fingerprint density at radius 2 is 0.723 bits per heavy atom. The summed E-state index contributed by atoms with van der Waals surface area (Å²) in [4.78, 5) is 24.6. The predicted molar refractivity (Wildman–Crippen MR) is 283 cm³/mol. The number of allylic oxidation sites excluding steroid dienone is 3. The average Bonchev–Trinajstić information content (AvgIpc) is 3.31. The zero-order valence-corrected chi connectivity index (χ0v) is 43.7. The third kappa shape index (κ3) is 51.6. The number of carbonyl (C=O) groups excluding carboxylic acids is 2. The molecule has 6 heteroatoms. The highest BCUT2D eigenvalue weighted by molar-refractivity contribution is 5.76. The van der Waals surface area contributed by atoms with E-state index in [4.69, 9.17) is 4.74 Å². The molecule has 65 heavy (non-hydrogen) atoms. The van der Waals surface area contributed by atoms with Crippen molar-refractivity contribution in [3.8, 4) is 0 Å². The van der Waals surface area contributed by atoms with E-state index >= 15 is 0 Å². The quantitative estimate of drug-likeness (QED) is 0.0321. The van der Waals surface area contributed by atoms with Crippen LogP contribution in [0.2, 0.25) is 0 Å². The summed E-state index contributed by atoms with van der Waals surface area (Å²) in [5.41, 5.74) is 0. The van der Waals surface area contributed by atoms with Gasteiger partial charge in [-0.15, -0.1) is 0 Å². The van der Waals surface area contributed by atoms with Crippen LogP contribution in [0.25, 0.3) is 0 Å². The van der Waals surface area contributed by atoms with Crippen molar-refractivity contribution in [3.63, 3.8) is 0 Å². The molecule has 0 saturated heterocycles. The molecule has 0 saturated carbocycles. The summed E-state index contributed by atoms with van der Waals surface area (Å²) < 4.78 is 5.46. The van der Waals surface area contributed by atoms with Gasteiger partial charge < -0.3 is 20.3 Å². The van der Waals surface area contributed by atoms with Gasteiger partial charge in [0.1, 0.15) is 0 Å². The molecule has 0 aliphatic carbocycles. The van der Waals surface area contributed by atoms with Crippen molar-refractivity contribution in [1.82, 2.24) is 5.32 Å². The van der Waals surface area contributed by atoms with E-state index in [-0.39, 0.29) is 18.5 Å². The minimum atomic E-state index is -0.863. The molecular formula is C59H113NO5. The van der Waals surface area contributed by atoms with Crippen LogP contribution in [0.4, 0.5) is 0 Å². The Balaban J connectivity index is 3.51. The highest BCUT2D eigenvalue weighted by Gasteiger charge is 2.18. The summed E-state index contributed by atoms with van der Waals surface area (Å²) in [7, 11) is 0. The number of carbonyl (C=O) groups is 2. The largest absolute Gasteiger partial charge is 0.466 e. The lowest BCUT2D eigenvalue weighted by atomic mass is 10.0. The molecule has 2 atom stereocenters. The number of aliphatic hydroxyl groups is 2. The Morgan fingerprint density at radius 3 is 1.09 bits per heavy atom. The van der Waals surface area contributed by atoms with E-state index in [9.17, 15) is 19.8 Å². The molecule has 0 aromatic carbocycles. The molecule has 0 heterocycles. The van der Waals surface area contributed by atoms with Gasteiger partial charge in [-0.3, -0.25) is 9.59 Å². The minimum Gasteiger partial charge on any atom is -0.466 e. The van der Waals surface area contributed by atoms with Crippen LogP contribution in [0.15, 0.2) is 24.3 Å². The van der Waals surface area contributed by atoms with Crippen LogP contribution >= 0.6 is 0 Å². The van der Waals surface area contributed by atoms with E-state index in [1.54, 1.807) is 6.08 Å². The highest BCUT2D eigenvalue weighted by Crippen LogP contribution is 2.17. The summed E-state index contributed by atoms with van der Waals surface area (Å²) >= 11 is 0. The number of hydrogen-bond acceptors (Lipinski definition) is 5. The number of unbranched alkanes of at least 4 members (excludes halogenated alkanes) is 41. The molecule has 0 rings (SSSR count). The molecule has 0 aromatic rings. The predicted octanol–water partition coefficient (Wildman–Crippen LogP) is 17.9. The maximum absolute atomic E-state index is 12.5. The van der Waals surface area contributed by atoms with E-state index in [2.05, 4.69) is 31.3 Å². The smallest absolute Gasteiger partial charge is 0.305 e. The maximum atomic E-state index is 12.5. The number of esters is 1. The second-order valence-electron chi connectivity index (χ2n) is 20.0. The van der Waals surface area contributed by atoms with Gasteiger partial charge >= 0.3 is 5.97 Å². The van der Waals surface area contributed by atoms with Crippen LogP contribution in [-0.4, -0.2) is 47.4 Å². The average molecular weight is 917 g/mol. The Bertz CT molecular complexity index is 1010. The van der Waals surface area contributed by atoms with Crippen molar-refractivity contribution in [2.24, 2.45) is 0 Å². The monoisotopic (exact) mass is 916 g/mol. The van der Waals surface area contributed by atoms with E-state index in [0.29, 0.717) is 19.4 Å². The van der Waals surface area contributed by atoms with Crippen LogP contribution < -0.4 is 5.32 Å². The fourth-order valence-corrected chi connectivity index (χ4v) is 8.98. The lowest BCUT2D eigenvalue weighted by molar-refractivity contribution is -0.143. The Kier molecular flexibility index (Phi) is 53.5. The minimum absolute atomic E-state index is 0.0299. The molecule has 0 bridgehead atoms. The van der Waals surface area contributed by atoms with Gasteiger partial charge in [0.15, 0.2) is 0 Å². The zero-order valence-electron chi connectivity index (χ0n) is 43.7.